The lowest BCUT2D eigenvalue weighted by molar-refractivity contribution is -0.295. The summed E-state index contributed by atoms with van der Waals surface area (Å²) in [6.45, 7) is 14.2. The molecule has 1 N–H and O–H groups in total. The Morgan fingerprint density at radius 1 is 1.00 bits per heavy atom. The highest BCUT2D eigenvalue weighted by atomic mass is 16.7. The van der Waals surface area contributed by atoms with Gasteiger partial charge in [-0.3, -0.25) is 14.4 Å². The van der Waals surface area contributed by atoms with E-state index in [1.165, 1.54) is 14.0 Å². The fourth-order valence-electron chi connectivity index (χ4n) is 8.71. The van der Waals surface area contributed by atoms with Crippen LogP contribution in [0.2, 0.25) is 0 Å². The average Bonchev–Trinajstić information content (AvgIpc) is 3.39. The third-order valence-electron chi connectivity index (χ3n) is 11.8. The largest absolute Gasteiger partial charge is 0.458 e. The van der Waals surface area contributed by atoms with Gasteiger partial charge in [0, 0.05) is 37.5 Å². The van der Waals surface area contributed by atoms with E-state index in [0.717, 1.165) is 5.56 Å². The number of amides is 1. The lowest BCUT2D eigenvalue weighted by Crippen LogP contribution is -2.60. The molecule has 0 aliphatic carbocycles. The molecule has 3 aliphatic rings. The molecule has 0 unspecified atom stereocenters. The number of hydrogen-bond acceptors (Lipinski definition) is 11. The average molecular weight is 743 g/mol. The first-order valence-corrected chi connectivity index (χ1v) is 19.1. The number of methoxy groups -OCH3 is 1. The number of cyclic esters (lactones) is 1. The summed E-state index contributed by atoms with van der Waals surface area (Å²) in [7, 11) is 5.24. The summed E-state index contributed by atoms with van der Waals surface area (Å²) in [5, 5.41) is 11.4. The van der Waals surface area contributed by atoms with Crippen molar-refractivity contribution in [3.8, 4) is 0 Å². The van der Waals surface area contributed by atoms with Crippen LogP contribution < -0.4 is 0 Å². The molecule has 3 fully saturated rings. The first kappa shape index (κ1) is 42.6. The molecule has 1 aromatic carbocycles. The van der Waals surface area contributed by atoms with Gasteiger partial charge in [0.2, 0.25) is 0 Å². The molecule has 3 saturated heterocycles. The Kier molecular flexibility index (Phi) is 14.1. The van der Waals surface area contributed by atoms with E-state index in [1.54, 1.807) is 32.6 Å². The summed E-state index contributed by atoms with van der Waals surface area (Å²) in [5.41, 5.74) is -1.62. The van der Waals surface area contributed by atoms with E-state index >= 15 is 0 Å². The fourth-order valence-corrected chi connectivity index (χ4v) is 8.71. The van der Waals surface area contributed by atoms with Crippen LogP contribution in [0.5, 0.6) is 0 Å². The maximum atomic E-state index is 14.6. The molecule has 296 valence electrons. The predicted octanol–water partition coefficient (Wildman–Crippen LogP) is 5.29. The van der Waals surface area contributed by atoms with E-state index in [2.05, 4.69) is 0 Å². The molecule has 0 radical (unpaired) electrons. The number of aliphatic hydroxyl groups excluding tert-OH is 1. The van der Waals surface area contributed by atoms with Gasteiger partial charge < -0.3 is 38.6 Å². The van der Waals surface area contributed by atoms with E-state index in [0.29, 0.717) is 12.8 Å². The molecule has 13 atom stereocenters. The van der Waals surface area contributed by atoms with Crippen LogP contribution in [-0.4, -0.2) is 120 Å². The van der Waals surface area contributed by atoms with Gasteiger partial charge in [-0.25, -0.2) is 4.79 Å². The van der Waals surface area contributed by atoms with Gasteiger partial charge in [0.05, 0.1) is 23.9 Å². The van der Waals surface area contributed by atoms with E-state index in [-0.39, 0.29) is 37.3 Å². The summed E-state index contributed by atoms with van der Waals surface area (Å²) >= 11 is 0. The van der Waals surface area contributed by atoms with Gasteiger partial charge in [0.1, 0.15) is 23.9 Å². The van der Waals surface area contributed by atoms with Gasteiger partial charge >= 0.3 is 12.1 Å². The van der Waals surface area contributed by atoms with Crippen LogP contribution in [-0.2, 0) is 38.1 Å². The van der Waals surface area contributed by atoms with Crippen LogP contribution in [0.4, 0.5) is 4.79 Å². The summed E-state index contributed by atoms with van der Waals surface area (Å²) in [5.74, 6) is -4.90. The minimum Gasteiger partial charge on any atom is -0.458 e. The Labute approximate surface area is 315 Å². The van der Waals surface area contributed by atoms with Crippen molar-refractivity contribution in [2.45, 2.75) is 135 Å². The number of Topliss-reactive ketones (excluding diaryl/α,β-unsaturated/α-hetero) is 2. The second kappa shape index (κ2) is 17.5. The van der Waals surface area contributed by atoms with Crippen molar-refractivity contribution in [2.75, 3.05) is 27.7 Å². The van der Waals surface area contributed by atoms with E-state index in [9.17, 15) is 24.3 Å². The van der Waals surface area contributed by atoms with Crippen LogP contribution in [0.15, 0.2) is 36.4 Å². The fraction of sp³-hybridized carbons (Fsp3) is 0.707. The number of carbonyl (C=O) groups is 4. The number of hydrogen-bond donors (Lipinski definition) is 1. The Morgan fingerprint density at radius 2 is 1.66 bits per heavy atom. The molecular weight excluding hydrogens is 680 g/mol. The van der Waals surface area contributed by atoms with Gasteiger partial charge in [-0.15, -0.1) is 0 Å². The van der Waals surface area contributed by atoms with Gasteiger partial charge in [0.15, 0.2) is 17.7 Å². The van der Waals surface area contributed by atoms with Crippen molar-refractivity contribution < 1.29 is 48.0 Å². The van der Waals surface area contributed by atoms with Gasteiger partial charge in [-0.1, -0.05) is 70.2 Å². The molecule has 12 nitrogen and oxygen atoms in total. The topological polar surface area (TPSA) is 141 Å². The van der Waals surface area contributed by atoms with Crippen molar-refractivity contribution in [2.24, 2.45) is 23.7 Å². The summed E-state index contributed by atoms with van der Waals surface area (Å²) in [6.07, 6.45) is 0.451. The molecule has 12 heteroatoms. The Hall–Kier alpha value is -3.16. The minimum absolute atomic E-state index is 0.137. The standard InChI is InChI=1S/C41H62N2O10/c1-12-31-41(8)35(43(39(48)53-41)21-17-16-20-29-18-14-13-15-19-29)26(4)32(44)24(2)23-40(7,49-11)36(27(5)33(45)28(6)37(47)51-31)52-38-34(46)30(42(9)10)22-25(3)50-38/h13-16,18-20,24-28,30-31,34-36,38,46H,12,17,21-23H2,1-11H3/b20-16+/t24-,25-,26+,27+,28-,30+,31-,34-,35+,36-,38+,40-,41-/m1/s1. The SMILES string of the molecule is CC[C@H]1OC(=O)[C@H](C)C(=O)[C@H](C)[C@@H](O[C@@H]2O[C@H](C)C[C@H](N(C)C)[C@H]2O)[C@](C)(OC)C[C@@H](C)C(=O)[C@H](C)[C@@H]2N(CC/C=C/c3ccccc3)C(=O)O[C@@]21C. The summed E-state index contributed by atoms with van der Waals surface area (Å²) in [4.78, 5) is 59.9. The van der Waals surface area contributed by atoms with Crippen LogP contribution in [0, 0.1) is 23.7 Å². The number of benzene rings is 1. The zero-order chi connectivity index (χ0) is 39.4. The van der Waals surface area contributed by atoms with E-state index < -0.39 is 83.4 Å². The smallest absolute Gasteiger partial charge is 0.410 e. The van der Waals surface area contributed by atoms with Gasteiger partial charge in [0.25, 0.3) is 0 Å². The third kappa shape index (κ3) is 9.05. The van der Waals surface area contributed by atoms with Crippen molar-refractivity contribution in [3.05, 3.63) is 42.0 Å². The van der Waals surface area contributed by atoms with E-state index in [1.807, 2.05) is 82.3 Å². The van der Waals surface area contributed by atoms with Crippen molar-refractivity contribution in [1.82, 2.24) is 9.80 Å². The molecule has 3 aliphatic heterocycles. The normalized spacial score (nSPS) is 39.2. The Bertz CT molecular complexity index is 1470. The Balaban J connectivity index is 1.74. The van der Waals surface area contributed by atoms with E-state index in [4.69, 9.17) is 23.7 Å². The highest BCUT2D eigenvalue weighted by molar-refractivity contribution is 6.00. The molecule has 53 heavy (non-hydrogen) atoms. The number of nitrogens with zero attached hydrogens (tertiary/aromatic N) is 2. The number of ketones is 2. The van der Waals surface area contributed by atoms with Gasteiger partial charge in [-0.2, -0.15) is 0 Å². The van der Waals surface area contributed by atoms with Crippen LogP contribution in [0.25, 0.3) is 6.08 Å². The summed E-state index contributed by atoms with van der Waals surface area (Å²) in [6, 6.07) is 8.76. The second-order valence-electron chi connectivity index (χ2n) is 16.0. The van der Waals surface area contributed by atoms with Crippen LogP contribution >= 0.6 is 0 Å². The third-order valence-corrected chi connectivity index (χ3v) is 11.8. The number of likely N-dealkylation sites (N-methyl/N-ethyl adjacent to an activating group) is 1. The number of aliphatic hydroxyl groups is 1. The molecule has 4 rings (SSSR count). The minimum atomic E-state index is -1.39. The Morgan fingerprint density at radius 3 is 2.26 bits per heavy atom. The van der Waals surface area contributed by atoms with Crippen molar-refractivity contribution >= 4 is 29.7 Å². The predicted molar refractivity (Wildman–Crippen MR) is 200 cm³/mol. The van der Waals surface area contributed by atoms with Gasteiger partial charge in [-0.05, 0) is 73.0 Å². The first-order valence-electron chi connectivity index (χ1n) is 19.1. The molecule has 0 spiro atoms. The highest BCUT2D eigenvalue weighted by Gasteiger charge is 2.60. The molecule has 1 amide bonds. The number of carbonyl (C=O) groups excluding carboxylic acids is 4. The zero-order valence-corrected chi connectivity index (χ0v) is 33.4. The van der Waals surface area contributed by atoms with Crippen molar-refractivity contribution in [3.63, 3.8) is 0 Å². The lowest BCUT2D eigenvalue weighted by atomic mass is 9.73. The number of esters is 1. The first-order chi connectivity index (χ1) is 24.9. The van der Waals surface area contributed by atoms with Crippen molar-refractivity contribution in [1.29, 1.82) is 0 Å². The molecular formula is C41H62N2O10. The number of rotatable bonds is 9. The molecule has 0 bridgehead atoms. The zero-order valence-electron chi connectivity index (χ0n) is 33.4. The number of ether oxygens (including phenoxy) is 5. The second-order valence-corrected chi connectivity index (χ2v) is 16.0. The van der Waals surface area contributed by atoms with Crippen LogP contribution in [0.3, 0.4) is 0 Å². The quantitative estimate of drug-likeness (QED) is 0.261. The molecule has 3 heterocycles. The number of fused-ring (bicyclic) bond motifs is 1. The molecule has 0 saturated carbocycles. The van der Waals surface area contributed by atoms with Crippen LogP contribution in [0.1, 0.15) is 86.6 Å². The lowest BCUT2D eigenvalue weighted by Gasteiger charge is -2.47. The monoisotopic (exact) mass is 742 g/mol. The molecule has 1 aromatic rings. The maximum absolute atomic E-state index is 14.6. The molecule has 0 aromatic heterocycles. The maximum Gasteiger partial charge on any atom is 0.410 e. The highest BCUT2D eigenvalue weighted by Crippen LogP contribution is 2.43. The summed E-state index contributed by atoms with van der Waals surface area (Å²) < 4.78 is 31.1.